The Labute approximate surface area is 112 Å². The van der Waals surface area contributed by atoms with Gasteiger partial charge < -0.3 is 14.7 Å². The molecular formula is C12H23F3N2O2. The fourth-order valence-electron chi connectivity index (χ4n) is 2.19. The van der Waals surface area contributed by atoms with Crippen LogP contribution in [0.2, 0.25) is 0 Å². The first-order valence-corrected chi connectivity index (χ1v) is 6.71. The molecule has 0 aromatic heterocycles. The summed E-state index contributed by atoms with van der Waals surface area (Å²) in [6.07, 6.45) is -2.58. The molecule has 0 atom stereocenters. The molecule has 0 unspecified atom stereocenters. The van der Waals surface area contributed by atoms with E-state index in [1.807, 2.05) is 0 Å². The zero-order valence-corrected chi connectivity index (χ0v) is 11.2. The summed E-state index contributed by atoms with van der Waals surface area (Å²) in [6, 6.07) is 0. The standard InChI is InChI=1S/C12H23F3N2O2/c13-12(14,15)11-19-10-2-5-16-3-1-4-17(7-6-16)8-9-18/h18H,1-11H2. The van der Waals surface area contributed by atoms with E-state index in [-0.39, 0.29) is 13.2 Å². The van der Waals surface area contributed by atoms with E-state index in [1.54, 1.807) is 0 Å². The third-order valence-electron chi connectivity index (χ3n) is 3.13. The summed E-state index contributed by atoms with van der Waals surface area (Å²) >= 11 is 0. The van der Waals surface area contributed by atoms with E-state index >= 15 is 0 Å². The van der Waals surface area contributed by atoms with Crippen molar-refractivity contribution >= 4 is 0 Å². The van der Waals surface area contributed by atoms with Gasteiger partial charge in [-0.25, -0.2) is 0 Å². The molecule has 1 rings (SSSR count). The number of nitrogens with zero attached hydrogens (tertiary/aromatic N) is 2. The molecule has 1 N–H and O–H groups in total. The lowest BCUT2D eigenvalue weighted by Crippen LogP contribution is -2.33. The number of halogens is 3. The minimum Gasteiger partial charge on any atom is -0.395 e. The van der Waals surface area contributed by atoms with Crippen molar-refractivity contribution in [3.8, 4) is 0 Å². The van der Waals surface area contributed by atoms with Crippen molar-refractivity contribution in [2.24, 2.45) is 0 Å². The van der Waals surface area contributed by atoms with Crippen LogP contribution < -0.4 is 0 Å². The summed E-state index contributed by atoms with van der Waals surface area (Å²) in [5.74, 6) is 0. The molecule has 4 nitrogen and oxygen atoms in total. The number of alkyl halides is 3. The van der Waals surface area contributed by atoms with Gasteiger partial charge >= 0.3 is 6.18 Å². The quantitative estimate of drug-likeness (QED) is 0.706. The number of hydrogen-bond acceptors (Lipinski definition) is 4. The van der Waals surface area contributed by atoms with E-state index in [4.69, 9.17) is 5.11 Å². The Morgan fingerprint density at radius 2 is 1.63 bits per heavy atom. The molecule has 0 aliphatic carbocycles. The SMILES string of the molecule is OCCN1CCCN(CCCOCC(F)(F)F)CC1. The molecule has 0 amide bonds. The molecule has 1 saturated heterocycles. The van der Waals surface area contributed by atoms with Gasteiger partial charge in [-0.2, -0.15) is 13.2 Å². The van der Waals surface area contributed by atoms with Crippen LogP contribution in [0.15, 0.2) is 0 Å². The van der Waals surface area contributed by atoms with Crippen molar-refractivity contribution in [1.29, 1.82) is 0 Å². The summed E-state index contributed by atoms with van der Waals surface area (Å²) in [5, 5.41) is 8.88. The van der Waals surface area contributed by atoms with E-state index < -0.39 is 12.8 Å². The highest BCUT2D eigenvalue weighted by Crippen LogP contribution is 2.14. The van der Waals surface area contributed by atoms with Crippen LogP contribution in [-0.4, -0.2) is 80.2 Å². The minimum absolute atomic E-state index is 0.149. The van der Waals surface area contributed by atoms with Crippen LogP contribution in [0.25, 0.3) is 0 Å². The maximum Gasteiger partial charge on any atom is 0.411 e. The lowest BCUT2D eigenvalue weighted by atomic mass is 10.3. The molecular weight excluding hydrogens is 261 g/mol. The van der Waals surface area contributed by atoms with Gasteiger partial charge in [-0.05, 0) is 25.9 Å². The molecule has 0 saturated carbocycles. The number of aliphatic hydroxyl groups is 1. The smallest absolute Gasteiger partial charge is 0.395 e. The molecule has 0 aromatic rings. The average Bonchev–Trinajstić information content (AvgIpc) is 2.54. The van der Waals surface area contributed by atoms with Gasteiger partial charge in [0, 0.05) is 32.8 Å². The maximum absolute atomic E-state index is 11.8. The second-order valence-corrected chi connectivity index (χ2v) is 4.78. The highest BCUT2D eigenvalue weighted by molar-refractivity contribution is 4.69. The Kier molecular flexibility index (Phi) is 7.67. The monoisotopic (exact) mass is 284 g/mol. The van der Waals surface area contributed by atoms with E-state index in [0.29, 0.717) is 13.0 Å². The zero-order chi connectivity index (χ0) is 14.1. The van der Waals surface area contributed by atoms with E-state index in [0.717, 1.165) is 39.1 Å². The largest absolute Gasteiger partial charge is 0.411 e. The normalized spacial score (nSPS) is 19.6. The van der Waals surface area contributed by atoms with Gasteiger partial charge in [-0.3, -0.25) is 4.90 Å². The second kappa shape index (κ2) is 8.73. The zero-order valence-electron chi connectivity index (χ0n) is 11.2. The molecule has 0 radical (unpaired) electrons. The molecule has 1 heterocycles. The number of β-amino-alcohol motifs (C(OH)–C–C–N with tert-alkyl or cyclic N) is 1. The van der Waals surface area contributed by atoms with E-state index in [9.17, 15) is 13.2 Å². The summed E-state index contributed by atoms with van der Waals surface area (Å²) in [7, 11) is 0. The van der Waals surface area contributed by atoms with Crippen LogP contribution in [0, 0.1) is 0 Å². The highest BCUT2D eigenvalue weighted by atomic mass is 19.4. The first-order valence-electron chi connectivity index (χ1n) is 6.71. The number of aliphatic hydroxyl groups excluding tert-OH is 1. The Morgan fingerprint density at radius 1 is 1.00 bits per heavy atom. The van der Waals surface area contributed by atoms with Crippen LogP contribution >= 0.6 is 0 Å². The van der Waals surface area contributed by atoms with Crippen molar-refractivity contribution in [2.45, 2.75) is 19.0 Å². The summed E-state index contributed by atoms with van der Waals surface area (Å²) in [5.41, 5.74) is 0. The predicted octanol–water partition coefficient (Wildman–Crippen LogP) is 0.955. The predicted molar refractivity (Wildman–Crippen MR) is 66.1 cm³/mol. The van der Waals surface area contributed by atoms with Gasteiger partial charge in [-0.15, -0.1) is 0 Å². The van der Waals surface area contributed by atoms with Crippen molar-refractivity contribution < 1.29 is 23.0 Å². The van der Waals surface area contributed by atoms with Crippen LogP contribution in [0.1, 0.15) is 12.8 Å². The number of hydrogen-bond donors (Lipinski definition) is 1. The first kappa shape index (κ1) is 16.7. The molecule has 7 heteroatoms. The Hall–Kier alpha value is -0.370. The average molecular weight is 284 g/mol. The van der Waals surface area contributed by atoms with Gasteiger partial charge in [0.2, 0.25) is 0 Å². The maximum atomic E-state index is 11.8. The molecule has 1 aliphatic heterocycles. The van der Waals surface area contributed by atoms with Crippen LogP contribution in [0.3, 0.4) is 0 Å². The second-order valence-electron chi connectivity index (χ2n) is 4.78. The summed E-state index contributed by atoms with van der Waals surface area (Å²) < 4.78 is 40.1. The molecule has 1 aliphatic rings. The summed E-state index contributed by atoms with van der Waals surface area (Å²) in [6.45, 7) is 4.37. The molecule has 0 aromatic carbocycles. The van der Waals surface area contributed by atoms with Gasteiger partial charge in [0.25, 0.3) is 0 Å². The molecule has 0 spiro atoms. The van der Waals surface area contributed by atoms with Crippen LogP contribution in [0.5, 0.6) is 0 Å². The van der Waals surface area contributed by atoms with Gasteiger partial charge in [-0.1, -0.05) is 0 Å². The molecule has 0 bridgehead atoms. The molecule has 19 heavy (non-hydrogen) atoms. The number of rotatable bonds is 7. The topological polar surface area (TPSA) is 35.9 Å². The molecule has 1 fully saturated rings. The van der Waals surface area contributed by atoms with Gasteiger partial charge in [0.1, 0.15) is 6.61 Å². The van der Waals surface area contributed by atoms with Crippen molar-refractivity contribution in [1.82, 2.24) is 9.80 Å². The minimum atomic E-state index is -4.23. The van der Waals surface area contributed by atoms with E-state index in [1.165, 1.54) is 0 Å². The van der Waals surface area contributed by atoms with Gasteiger partial charge in [0.05, 0.1) is 6.61 Å². The Bertz CT molecular complexity index is 240. The third-order valence-corrected chi connectivity index (χ3v) is 3.13. The van der Waals surface area contributed by atoms with E-state index in [2.05, 4.69) is 14.5 Å². The number of ether oxygens (including phenoxy) is 1. The van der Waals surface area contributed by atoms with Crippen LogP contribution in [0.4, 0.5) is 13.2 Å². The fourth-order valence-corrected chi connectivity index (χ4v) is 2.19. The van der Waals surface area contributed by atoms with Crippen molar-refractivity contribution in [3.63, 3.8) is 0 Å². The fraction of sp³-hybridized carbons (Fsp3) is 1.00. The highest BCUT2D eigenvalue weighted by Gasteiger charge is 2.27. The van der Waals surface area contributed by atoms with Crippen molar-refractivity contribution in [3.05, 3.63) is 0 Å². The van der Waals surface area contributed by atoms with Gasteiger partial charge in [0.15, 0.2) is 0 Å². The third kappa shape index (κ3) is 8.41. The first-order chi connectivity index (χ1) is 9.01. The Morgan fingerprint density at radius 3 is 2.21 bits per heavy atom. The lowest BCUT2D eigenvalue weighted by molar-refractivity contribution is -0.174. The molecule has 114 valence electrons. The Balaban J connectivity index is 2.06. The lowest BCUT2D eigenvalue weighted by Gasteiger charge is -2.21. The van der Waals surface area contributed by atoms with Crippen LogP contribution in [-0.2, 0) is 4.74 Å². The van der Waals surface area contributed by atoms with Crippen molar-refractivity contribution in [2.75, 3.05) is 59.1 Å². The summed E-state index contributed by atoms with van der Waals surface area (Å²) in [4.78, 5) is 4.45.